The topological polar surface area (TPSA) is 58.6 Å². The smallest absolute Gasteiger partial charge is 0.362 e. The number of nitrogens with zero attached hydrogens (tertiary/aromatic N) is 1. The molecular weight excluding hydrogens is 313 g/mol. The van der Waals surface area contributed by atoms with Gasteiger partial charge in [-0.15, -0.1) is 0 Å². The van der Waals surface area contributed by atoms with Crippen LogP contribution in [0.2, 0.25) is 0 Å². The Hall–Kier alpha value is -2.09. The van der Waals surface area contributed by atoms with Gasteiger partial charge in [-0.3, -0.25) is 9.59 Å². The first-order valence-electron chi connectivity index (χ1n) is 7.19. The van der Waals surface area contributed by atoms with Crippen LogP contribution in [0.25, 0.3) is 0 Å². The van der Waals surface area contributed by atoms with Gasteiger partial charge in [0.05, 0.1) is 0 Å². The van der Waals surface area contributed by atoms with Gasteiger partial charge in [-0.25, -0.2) is 0 Å². The number of amides is 2. The molecule has 1 aromatic carbocycles. The van der Waals surface area contributed by atoms with Crippen molar-refractivity contribution in [2.24, 2.45) is 0 Å². The quantitative estimate of drug-likeness (QED) is 0.902. The molecule has 0 unspecified atom stereocenters. The molecule has 1 saturated heterocycles. The monoisotopic (exact) mass is 330 g/mol. The van der Waals surface area contributed by atoms with E-state index < -0.39 is 25.3 Å². The highest BCUT2D eigenvalue weighted by molar-refractivity contribution is 5.96. The molecule has 1 aromatic rings. The van der Waals surface area contributed by atoms with E-state index in [0.29, 0.717) is 11.3 Å². The maximum atomic E-state index is 12.1. The van der Waals surface area contributed by atoms with E-state index in [1.165, 1.54) is 12.1 Å². The van der Waals surface area contributed by atoms with Gasteiger partial charge >= 0.3 is 6.18 Å². The lowest BCUT2D eigenvalue weighted by Crippen LogP contribution is -2.27. The van der Waals surface area contributed by atoms with Crippen molar-refractivity contribution in [2.75, 3.05) is 31.6 Å². The van der Waals surface area contributed by atoms with E-state index in [-0.39, 0.29) is 5.91 Å². The number of carbonyl (C=O) groups excluding carboxylic acids is 2. The van der Waals surface area contributed by atoms with Gasteiger partial charge in [0.15, 0.2) is 0 Å². The van der Waals surface area contributed by atoms with Crippen LogP contribution in [0.1, 0.15) is 23.2 Å². The Morgan fingerprint density at radius 1 is 1.13 bits per heavy atom. The maximum absolute atomic E-state index is 12.1. The van der Waals surface area contributed by atoms with Crippen molar-refractivity contribution < 1.29 is 27.5 Å². The first-order chi connectivity index (χ1) is 10.8. The molecule has 1 fully saturated rings. The molecule has 1 aliphatic rings. The van der Waals surface area contributed by atoms with Crippen molar-refractivity contribution in [1.82, 2.24) is 4.90 Å². The average molecular weight is 330 g/mol. The van der Waals surface area contributed by atoms with Crippen molar-refractivity contribution in [3.8, 4) is 0 Å². The second-order valence-corrected chi connectivity index (χ2v) is 5.23. The van der Waals surface area contributed by atoms with Crippen molar-refractivity contribution in [1.29, 1.82) is 0 Å². The fraction of sp³-hybridized carbons (Fsp3) is 0.467. The lowest BCUT2D eigenvalue weighted by atomic mass is 10.2. The molecular formula is C15H17F3N2O3. The molecule has 1 aliphatic heterocycles. The van der Waals surface area contributed by atoms with E-state index >= 15 is 0 Å². The van der Waals surface area contributed by atoms with Gasteiger partial charge < -0.3 is 15.0 Å². The summed E-state index contributed by atoms with van der Waals surface area (Å²) in [4.78, 5) is 25.3. The molecule has 5 nitrogen and oxygen atoms in total. The number of likely N-dealkylation sites (tertiary alicyclic amines) is 1. The van der Waals surface area contributed by atoms with E-state index in [1.807, 2.05) is 0 Å². The lowest BCUT2D eigenvalue weighted by Gasteiger charge is -2.15. The summed E-state index contributed by atoms with van der Waals surface area (Å²) in [7, 11) is 0. The number of alkyl halides is 3. The minimum Gasteiger partial charge on any atom is -0.362 e. The van der Waals surface area contributed by atoms with Crippen LogP contribution in [0.5, 0.6) is 0 Å². The Morgan fingerprint density at radius 3 is 2.30 bits per heavy atom. The van der Waals surface area contributed by atoms with Crippen molar-refractivity contribution in [3.05, 3.63) is 29.8 Å². The summed E-state index contributed by atoms with van der Waals surface area (Å²) in [6, 6.07) is 6.22. The van der Waals surface area contributed by atoms with Crippen LogP contribution in [0.15, 0.2) is 24.3 Å². The van der Waals surface area contributed by atoms with Crippen LogP contribution in [-0.2, 0) is 9.53 Å². The fourth-order valence-electron chi connectivity index (χ4n) is 2.26. The maximum Gasteiger partial charge on any atom is 0.411 e. The predicted octanol–water partition coefficient (Wildman–Crippen LogP) is 2.44. The molecule has 1 N–H and O–H groups in total. The van der Waals surface area contributed by atoms with Crippen molar-refractivity contribution in [3.63, 3.8) is 0 Å². The minimum atomic E-state index is -4.46. The van der Waals surface area contributed by atoms with Gasteiger partial charge in [0.2, 0.25) is 5.91 Å². The molecule has 0 saturated carbocycles. The molecule has 0 atom stereocenters. The molecule has 2 amide bonds. The fourth-order valence-corrected chi connectivity index (χ4v) is 2.26. The van der Waals surface area contributed by atoms with Crippen LogP contribution in [0.3, 0.4) is 0 Å². The third-order valence-electron chi connectivity index (χ3n) is 3.31. The Kier molecular flexibility index (Phi) is 5.59. The highest BCUT2D eigenvalue weighted by atomic mass is 19.4. The minimum absolute atomic E-state index is 0.0612. The summed E-state index contributed by atoms with van der Waals surface area (Å²) in [5, 5.41) is 2.41. The third kappa shape index (κ3) is 5.55. The van der Waals surface area contributed by atoms with Crippen molar-refractivity contribution >= 4 is 17.5 Å². The van der Waals surface area contributed by atoms with E-state index in [4.69, 9.17) is 0 Å². The summed E-state index contributed by atoms with van der Waals surface area (Å²) in [5.41, 5.74) is 0.904. The van der Waals surface area contributed by atoms with Gasteiger partial charge in [0.1, 0.15) is 13.2 Å². The van der Waals surface area contributed by atoms with Gasteiger partial charge in [-0.2, -0.15) is 13.2 Å². The Bertz CT molecular complexity index is 552. The first kappa shape index (κ1) is 17.3. The predicted molar refractivity (Wildman–Crippen MR) is 77.1 cm³/mol. The molecule has 0 radical (unpaired) electrons. The Labute approximate surface area is 131 Å². The highest BCUT2D eigenvalue weighted by Gasteiger charge is 2.27. The summed E-state index contributed by atoms with van der Waals surface area (Å²) in [6.07, 6.45) is -2.46. The summed E-state index contributed by atoms with van der Waals surface area (Å²) in [5.74, 6) is -0.748. The molecule has 1 heterocycles. The molecule has 126 valence electrons. The number of nitrogens with one attached hydrogen (secondary N) is 1. The van der Waals surface area contributed by atoms with E-state index in [2.05, 4.69) is 10.1 Å². The summed E-state index contributed by atoms with van der Waals surface area (Å²) < 4.78 is 39.9. The number of ether oxygens (including phenoxy) is 1. The molecule has 0 spiro atoms. The highest BCUT2D eigenvalue weighted by Crippen LogP contribution is 2.16. The molecule has 2 rings (SSSR count). The van der Waals surface area contributed by atoms with Gasteiger partial charge in [-0.05, 0) is 37.1 Å². The summed E-state index contributed by atoms with van der Waals surface area (Å²) in [6.45, 7) is -0.667. The van der Waals surface area contributed by atoms with E-state index in [0.717, 1.165) is 25.9 Å². The second-order valence-electron chi connectivity index (χ2n) is 5.23. The molecule has 8 heteroatoms. The number of hydrogen-bond acceptors (Lipinski definition) is 3. The van der Waals surface area contributed by atoms with Gasteiger partial charge in [0, 0.05) is 24.3 Å². The van der Waals surface area contributed by atoms with Crippen LogP contribution in [0.4, 0.5) is 18.9 Å². The van der Waals surface area contributed by atoms with Crippen LogP contribution in [-0.4, -0.2) is 49.2 Å². The Morgan fingerprint density at radius 2 is 1.74 bits per heavy atom. The van der Waals surface area contributed by atoms with E-state index in [9.17, 15) is 22.8 Å². The second kappa shape index (κ2) is 7.45. The number of rotatable bonds is 5. The Balaban J connectivity index is 1.82. The number of anilines is 1. The third-order valence-corrected chi connectivity index (χ3v) is 3.31. The lowest BCUT2D eigenvalue weighted by molar-refractivity contribution is -0.174. The average Bonchev–Trinajstić information content (AvgIpc) is 3.00. The SMILES string of the molecule is O=C(COCC(F)(F)F)Nc1ccc(C(=O)N2CCCC2)cc1. The zero-order chi connectivity index (χ0) is 16.9. The number of benzene rings is 1. The zero-order valence-electron chi connectivity index (χ0n) is 12.4. The van der Waals surface area contributed by atoms with Crippen LogP contribution >= 0.6 is 0 Å². The number of halogens is 3. The number of hydrogen-bond donors (Lipinski definition) is 1. The first-order valence-corrected chi connectivity index (χ1v) is 7.19. The van der Waals surface area contributed by atoms with Gasteiger partial charge in [-0.1, -0.05) is 0 Å². The van der Waals surface area contributed by atoms with E-state index in [1.54, 1.807) is 17.0 Å². The molecule has 0 bridgehead atoms. The van der Waals surface area contributed by atoms with Gasteiger partial charge in [0.25, 0.3) is 5.91 Å². The summed E-state index contributed by atoms with van der Waals surface area (Å²) >= 11 is 0. The molecule has 0 aromatic heterocycles. The van der Waals surface area contributed by atoms with Crippen LogP contribution < -0.4 is 5.32 Å². The van der Waals surface area contributed by atoms with Crippen molar-refractivity contribution in [2.45, 2.75) is 19.0 Å². The standard InChI is InChI=1S/C15H17F3N2O3/c16-15(17,18)10-23-9-13(21)19-12-5-3-11(4-6-12)14(22)20-7-1-2-8-20/h3-6H,1-2,7-10H2,(H,19,21). The zero-order valence-corrected chi connectivity index (χ0v) is 12.4. The molecule has 0 aliphatic carbocycles. The van der Waals surface area contributed by atoms with Crippen LogP contribution in [0, 0.1) is 0 Å². The largest absolute Gasteiger partial charge is 0.411 e. The molecule has 23 heavy (non-hydrogen) atoms. The normalized spacial score (nSPS) is 14.8. The number of carbonyl (C=O) groups is 2.